The van der Waals surface area contributed by atoms with Gasteiger partial charge in [0.05, 0.1) is 7.11 Å². The molecule has 2 N–H and O–H groups in total. The molecule has 1 heterocycles. The van der Waals surface area contributed by atoms with Crippen LogP contribution >= 0.6 is 0 Å². The van der Waals surface area contributed by atoms with Gasteiger partial charge in [-0.05, 0) is 24.1 Å². The SMILES string of the molecule is COc1ccc(C(C)(C)CNC2=NCCCN2)cc1. The van der Waals surface area contributed by atoms with Gasteiger partial charge in [0.1, 0.15) is 5.75 Å². The lowest BCUT2D eigenvalue weighted by molar-refractivity contribution is 0.414. The smallest absolute Gasteiger partial charge is 0.191 e. The molecule has 0 unspecified atom stereocenters. The first-order valence-electron chi connectivity index (χ1n) is 6.78. The van der Waals surface area contributed by atoms with Crippen molar-refractivity contribution < 1.29 is 4.74 Å². The Balaban J connectivity index is 1.98. The van der Waals surface area contributed by atoms with Crippen molar-refractivity contribution >= 4 is 5.96 Å². The number of nitrogens with zero attached hydrogens (tertiary/aromatic N) is 1. The van der Waals surface area contributed by atoms with Gasteiger partial charge in [-0.15, -0.1) is 0 Å². The second-order valence-electron chi connectivity index (χ2n) is 5.48. The van der Waals surface area contributed by atoms with Gasteiger partial charge in [0.25, 0.3) is 0 Å². The van der Waals surface area contributed by atoms with Crippen LogP contribution in [-0.4, -0.2) is 32.7 Å². The number of guanidine groups is 1. The maximum atomic E-state index is 5.19. The largest absolute Gasteiger partial charge is 0.497 e. The highest BCUT2D eigenvalue weighted by Gasteiger charge is 2.21. The Morgan fingerprint density at radius 3 is 2.63 bits per heavy atom. The Kier molecular flexibility index (Phi) is 4.30. The second-order valence-corrected chi connectivity index (χ2v) is 5.48. The summed E-state index contributed by atoms with van der Waals surface area (Å²) < 4.78 is 5.19. The van der Waals surface area contributed by atoms with Gasteiger partial charge in [0.15, 0.2) is 5.96 Å². The molecule has 0 amide bonds. The standard InChI is InChI=1S/C15H23N3O/c1-15(2,11-18-14-16-9-4-10-17-14)12-5-7-13(19-3)8-6-12/h5-8H,4,9-11H2,1-3H3,(H2,16,17,18). The van der Waals surface area contributed by atoms with Crippen LogP contribution in [-0.2, 0) is 5.41 Å². The molecule has 0 saturated carbocycles. The van der Waals surface area contributed by atoms with E-state index >= 15 is 0 Å². The quantitative estimate of drug-likeness (QED) is 0.870. The molecule has 4 nitrogen and oxygen atoms in total. The van der Waals surface area contributed by atoms with Crippen LogP contribution in [0.2, 0.25) is 0 Å². The van der Waals surface area contributed by atoms with Crippen molar-refractivity contribution in [3.8, 4) is 5.75 Å². The lowest BCUT2D eigenvalue weighted by Crippen LogP contribution is -2.45. The fraction of sp³-hybridized carbons (Fsp3) is 0.533. The van der Waals surface area contributed by atoms with Gasteiger partial charge >= 0.3 is 0 Å². The Morgan fingerprint density at radius 1 is 1.32 bits per heavy atom. The maximum Gasteiger partial charge on any atom is 0.191 e. The minimum Gasteiger partial charge on any atom is -0.497 e. The molecular weight excluding hydrogens is 238 g/mol. The maximum absolute atomic E-state index is 5.19. The molecule has 1 aromatic carbocycles. The van der Waals surface area contributed by atoms with Gasteiger partial charge < -0.3 is 15.4 Å². The first kappa shape index (κ1) is 13.7. The zero-order valence-corrected chi connectivity index (χ0v) is 12.0. The highest BCUT2D eigenvalue weighted by atomic mass is 16.5. The summed E-state index contributed by atoms with van der Waals surface area (Å²) in [7, 11) is 1.69. The lowest BCUT2D eigenvalue weighted by Gasteiger charge is -2.27. The fourth-order valence-electron chi connectivity index (χ4n) is 2.10. The molecule has 1 aliphatic rings. The summed E-state index contributed by atoms with van der Waals surface area (Å²) in [5.74, 6) is 1.82. The van der Waals surface area contributed by atoms with Crippen molar-refractivity contribution in [1.29, 1.82) is 0 Å². The normalized spacial score (nSPS) is 15.4. The van der Waals surface area contributed by atoms with E-state index in [1.54, 1.807) is 7.11 Å². The van der Waals surface area contributed by atoms with E-state index in [1.165, 1.54) is 5.56 Å². The van der Waals surface area contributed by atoms with Gasteiger partial charge in [-0.3, -0.25) is 4.99 Å². The first-order chi connectivity index (χ1) is 9.12. The molecule has 1 aromatic rings. The van der Waals surface area contributed by atoms with Crippen LogP contribution in [0.4, 0.5) is 0 Å². The summed E-state index contributed by atoms with van der Waals surface area (Å²) in [5.41, 5.74) is 1.34. The zero-order chi connectivity index (χ0) is 13.7. The molecule has 0 spiro atoms. The summed E-state index contributed by atoms with van der Waals surface area (Å²) >= 11 is 0. The minimum absolute atomic E-state index is 0.0495. The molecular formula is C15H23N3O. The first-order valence-corrected chi connectivity index (χ1v) is 6.78. The molecule has 4 heteroatoms. The molecule has 1 aliphatic heterocycles. The highest BCUT2D eigenvalue weighted by molar-refractivity contribution is 5.80. The van der Waals surface area contributed by atoms with Crippen LogP contribution in [0.1, 0.15) is 25.8 Å². The van der Waals surface area contributed by atoms with E-state index in [0.29, 0.717) is 0 Å². The average molecular weight is 261 g/mol. The van der Waals surface area contributed by atoms with Gasteiger partial charge in [-0.2, -0.15) is 0 Å². The Bertz CT molecular complexity index is 437. The van der Waals surface area contributed by atoms with E-state index in [0.717, 1.165) is 37.8 Å². The Hall–Kier alpha value is -1.71. The number of hydrogen-bond acceptors (Lipinski definition) is 4. The number of aliphatic imine (C=N–C) groups is 1. The molecule has 0 radical (unpaired) electrons. The van der Waals surface area contributed by atoms with Gasteiger partial charge in [-0.1, -0.05) is 26.0 Å². The van der Waals surface area contributed by atoms with Crippen LogP contribution in [0, 0.1) is 0 Å². The third kappa shape index (κ3) is 3.63. The van der Waals surface area contributed by atoms with E-state index in [1.807, 2.05) is 12.1 Å². The van der Waals surface area contributed by atoms with Gasteiger partial charge in [0, 0.05) is 25.0 Å². The lowest BCUT2D eigenvalue weighted by atomic mass is 9.84. The molecule has 19 heavy (non-hydrogen) atoms. The van der Waals surface area contributed by atoms with Crippen LogP contribution in [0.15, 0.2) is 29.3 Å². The van der Waals surface area contributed by atoms with E-state index < -0.39 is 0 Å². The molecule has 2 rings (SSSR count). The molecule has 0 aliphatic carbocycles. The Morgan fingerprint density at radius 2 is 2.05 bits per heavy atom. The zero-order valence-electron chi connectivity index (χ0n) is 12.0. The monoisotopic (exact) mass is 261 g/mol. The number of benzene rings is 1. The van der Waals surface area contributed by atoms with Crippen LogP contribution in [0.3, 0.4) is 0 Å². The summed E-state index contributed by atoms with van der Waals surface area (Å²) in [6.45, 7) is 7.23. The van der Waals surface area contributed by atoms with E-state index in [-0.39, 0.29) is 5.41 Å². The van der Waals surface area contributed by atoms with Gasteiger partial charge in [-0.25, -0.2) is 0 Å². The summed E-state index contributed by atoms with van der Waals surface area (Å²) in [6, 6.07) is 8.26. The molecule has 104 valence electrons. The van der Waals surface area contributed by atoms with E-state index in [2.05, 4.69) is 41.6 Å². The average Bonchev–Trinajstić information content (AvgIpc) is 2.46. The summed E-state index contributed by atoms with van der Waals surface area (Å²) in [5, 5.41) is 6.68. The van der Waals surface area contributed by atoms with Gasteiger partial charge in [0.2, 0.25) is 0 Å². The van der Waals surface area contributed by atoms with Crippen molar-refractivity contribution in [2.75, 3.05) is 26.7 Å². The third-order valence-electron chi connectivity index (χ3n) is 3.47. The molecule has 0 bridgehead atoms. The molecule has 0 atom stereocenters. The number of hydrogen-bond donors (Lipinski definition) is 2. The molecule has 0 aromatic heterocycles. The summed E-state index contributed by atoms with van der Waals surface area (Å²) in [6.07, 6.45) is 1.12. The predicted molar refractivity (Wildman–Crippen MR) is 78.9 cm³/mol. The van der Waals surface area contributed by atoms with E-state index in [4.69, 9.17) is 4.74 Å². The summed E-state index contributed by atoms with van der Waals surface area (Å²) in [4.78, 5) is 4.43. The minimum atomic E-state index is 0.0495. The van der Waals surface area contributed by atoms with Crippen LogP contribution < -0.4 is 15.4 Å². The second kappa shape index (κ2) is 5.95. The van der Waals surface area contributed by atoms with Crippen molar-refractivity contribution in [2.24, 2.45) is 4.99 Å². The number of ether oxygens (including phenoxy) is 1. The molecule has 0 fully saturated rings. The van der Waals surface area contributed by atoms with Crippen molar-refractivity contribution in [2.45, 2.75) is 25.7 Å². The number of methoxy groups -OCH3 is 1. The topological polar surface area (TPSA) is 45.6 Å². The van der Waals surface area contributed by atoms with Crippen molar-refractivity contribution in [1.82, 2.24) is 10.6 Å². The highest BCUT2D eigenvalue weighted by Crippen LogP contribution is 2.24. The molecule has 0 saturated heterocycles. The van der Waals surface area contributed by atoms with Crippen molar-refractivity contribution in [3.63, 3.8) is 0 Å². The number of rotatable bonds is 4. The third-order valence-corrected chi connectivity index (χ3v) is 3.47. The number of nitrogens with one attached hydrogen (secondary N) is 2. The van der Waals surface area contributed by atoms with Crippen LogP contribution in [0.25, 0.3) is 0 Å². The predicted octanol–water partition coefficient (Wildman–Crippen LogP) is 1.91. The fourth-order valence-corrected chi connectivity index (χ4v) is 2.10. The van der Waals surface area contributed by atoms with Crippen molar-refractivity contribution in [3.05, 3.63) is 29.8 Å². The Labute approximate surface area is 115 Å². The van der Waals surface area contributed by atoms with Crippen LogP contribution in [0.5, 0.6) is 5.75 Å². The van der Waals surface area contributed by atoms with E-state index in [9.17, 15) is 0 Å².